The van der Waals surface area contributed by atoms with Crippen LogP contribution in [0, 0.1) is 5.92 Å². The van der Waals surface area contributed by atoms with Gasteiger partial charge in [-0.3, -0.25) is 4.79 Å². The summed E-state index contributed by atoms with van der Waals surface area (Å²) < 4.78 is 4.88. The highest BCUT2D eigenvalue weighted by molar-refractivity contribution is 5.89. The predicted molar refractivity (Wildman–Crippen MR) is 50.1 cm³/mol. The summed E-state index contributed by atoms with van der Waals surface area (Å²) in [5.41, 5.74) is 0. The van der Waals surface area contributed by atoms with Crippen LogP contribution in [0.15, 0.2) is 4.52 Å². The Bertz CT molecular complexity index is 346. The maximum absolute atomic E-state index is 11.0. The van der Waals surface area contributed by atoms with E-state index in [9.17, 15) is 4.79 Å². The number of hydrogen-bond acceptors (Lipinski definition) is 4. The van der Waals surface area contributed by atoms with Gasteiger partial charge in [0.05, 0.1) is 0 Å². The summed E-state index contributed by atoms with van der Waals surface area (Å²) in [7, 11) is 0. The van der Waals surface area contributed by atoms with Crippen LogP contribution in [-0.2, 0) is 0 Å². The van der Waals surface area contributed by atoms with Crippen LogP contribution >= 0.6 is 0 Å². The van der Waals surface area contributed by atoms with E-state index in [0.717, 1.165) is 6.42 Å². The largest absolute Gasteiger partial charge is 0.331 e. The number of nitrogens with zero attached hydrogens (tertiary/aromatic N) is 2. The Labute approximate surface area is 82.7 Å². The number of carbonyl (C=O) groups excluding carboxylic acids is 1. The Morgan fingerprint density at radius 1 is 1.50 bits per heavy atom. The molecule has 0 amide bonds. The third-order valence-electron chi connectivity index (χ3n) is 2.94. The van der Waals surface area contributed by atoms with E-state index in [4.69, 9.17) is 4.52 Å². The summed E-state index contributed by atoms with van der Waals surface area (Å²) >= 11 is 0. The molecule has 14 heavy (non-hydrogen) atoms. The third-order valence-corrected chi connectivity index (χ3v) is 2.94. The molecular formula is C10H14N2O2. The molecule has 0 radical (unpaired) electrons. The fourth-order valence-electron chi connectivity index (χ4n) is 2.06. The Kier molecular flexibility index (Phi) is 2.35. The number of rotatable bonds is 2. The van der Waals surface area contributed by atoms with E-state index in [0.29, 0.717) is 17.7 Å². The van der Waals surface area contributed by atoms with Crippen LogP contribution in [0.3, 0.4) is 0 Å². The van der Waals surface area contributed by atoms with Crippen LogP contribution in [0.5, 0.6) is 0 Å². The van der Waals surface area contributed by atoms with Crippen molar-refractivity contribution in [2.24, 2.45) is 5.92 Å². The SMILES string of the molecule is CC(=O)c1nc(C2CCCC2C)no1. The van der Waals surface area contributed by atoms with Crippen LogP contribution in [-0.4, -0.2) is 15.9 Å². The molecule has 0 bridgehead atoms. The maximum Gasteiger partial charge on any atom is 0.293 e. The predicted octanol–water partition coefficient (Wildman–Crippen LogP) is 2.18. The lowest BCUT2D eigenvalue weighted by molar-refractivity contribution is 0.0972. The van der Waals surface area contributed by atoms with Gasteiger partial charge >= 0.3 is 0 Å². The second-order valence-electron chi connectivity index (χ2n) is 4.03. The highest BCUT2D eigenvalue weighted by atomic mass is 16.5. The van der Waals surface area contributed by atoms with Crippen LogP contribution in [0.2, 0.25) is 0 Å². The Hall–Kier alpha value is -1.19. The molecule has 1 heterocycles. The normalized spacial score (nSPS) is 26.7. The minimum Gasteiger partial charge on any atom is -0.331 e. The number of hydrogen-bond donors (Lipinski definition) is 0. The van der Waals surface area contributed by atoms with E-state index in [1.54, 1.807) is 0 Å². The lowest BCUT2D eigenvalue weighted by atomic mass is 9.98. The molecule has 1 saturated carbocycles. The van der Waals surface area contributed by atoms with Gasteiger partial charge in [0.25, 0.3) is 5.89 Å². The molecule has 1 aromatic heterocycles. The average molecular weight is 194 g/mol. The minimum absolute atomic E-state index is 0.138. The molecular weight excluding hydrogens is 180 g/mol. The Balaban J connectivity index is 2.20. The van der Waals surface area contributed by atoms with Crippen molar-refractivity contribution in [2.45, 2.75) is 39.0 Å². The van der Waals surface area contributed by atoms with Gasteiger partial charge in [0, 0.05) is 12.8 Å². The quantitative estimate of drug-likeness (QED) is 0.677. The average Bonchev–Trinajstić information content (AvgIpc) is 2.71. The molecule has 0 saturated heterocycles. The van der Waals surface area contributed by atoms with Crippen molar-refractivity contribution in [3.63, 3.8) is 0 Å². The van der Waals surface area contributed by atoms with Crippen molar-refractivity contribution < 1.29 is 9.32 Å². The molecule has 2 atom stereocenters. The van der Waals surface area contributed by atoms with Crippen molar-refractivity contribution in [1.82, 2.24) is 10.1 Å². The summed E-state index contributed by atoms with van der Waals surface area (Å²) in [5, 5.41) is 3.86. The van der Waals surface area contributed by atoms with Crippen LogP contribution in [0.25, 0.3) is 0 Å². The number of Topliss-reactive ketones (excluding diaryl/α,β-unsaturated/α-hetero) is 1. The van der Waals surface area contributed by atoms with Gasteiger partial charge in [-0.15, -0.1) is 0 Å². The van der Waals surface area contributed by atoms with Gasteiger partial charge in [0.15, 0.2) is 5.82 Å². The monoisotopic (exact) mass is 194 g/mol. The van der Waals surface area contributed by atoms with E-state index in [2.05, 4.69) is 17.1 Å². The van der Waals surface area contributed by atoms with Crippen LogP contribution in [0.4, 0.5) is 0 Å². The van der Waals surface area contributed by atoms with Crippen molar-refractivity contribution >= 4 is 5.78 Å². The first-order chi connectivity index (χ1) is 6.68. The molecule has 2 unspecified atom stereocenters. The van der Waals surface area contributed by atoms with Crippen molar-refractivity contribution in [3.05, 3.63) is 11.7 Å². The van der Waals surface area contributed by atoms with Gasteiger partial charge in [-0.1, -0.05) is 18.5 Å². The molecule has 1 fully saturated rings. The third kappa shape index (κ3) is 1.56. The van der Waals surface area contributed by atoms with Crippen molar-refractivity contribution in [2.75, 3.05) is 0 Å². The standard InChI is InChI=1S/C10H14N2O2/c1-6-4-3-5-8(6)9-11-10(7(2)13)14-12-9/h6,8H,3-5H2,1-2H3. The minimum atomic E-state index is -0.158. The fourth-order valence-corrected chi connectivity index (χ4v) is 2.06. The molecule has 1 aliphatic rings. The number of aromatic nitrogens is 2. The zero-order chi connectivity index (χ0) is 10.1. The van der Waals surface area contributed by atoms with Gasteiger partial charge in [-0.05, 0) is 18.8 Å². The molecule has 4 heteroatoms. The van der Waals surface area contributed by atoms with Gasteiger partial charge in [0.2, 0.25) is 5.78 Å². The summed E-state index contributed by atoms with van der Waals surface area (Å²) in [5.74, 6) is 1.67. The van der Waals surface area contributed by atoms with Gasteiger partial charge in [0.1, 0.15) is 0 Å². The van der Waals surface area contributed by atoms with E-state index in [1.807, 2.05) is 0 Å². The van der Waals surface area contributed by atoms with Crippen molar-refractivity contribution in [3.8, 4) is 0 Å². The summed E-state index contributed by atoms with van der Waals surface area (Å²) in [4.78, 5) is 15.1. The summed E-state index contributed by atoms with van der Waals surface area (Å²) in [6.45, 7) is 3.64. The summed E-state index contributed by atoms with van der Waals surface area (Å²) in [6.07, 6.45) is 3.54. The molecule has 0 aromatic carbocycles. The molecule has 0 N–H and O–H groups in total. The first-order valence-corrected chi connectivity index (χ1v) is 5.03. The second-order valence-corrected chi connectivity index (χ2v) is 4.03. The topological polar surface area (TPSA) is 56.0 Å². The van der Waals surface area contributed by atoms with E-state index >= 15 is 0 Å². The Morgan fingerprint density at radius 3 is 2.79 bits per heavy atom. The van der Waals surface area contributed by atoms with E-state index in [-0.39, 0.29) is 11.7 Å². The second kappa shape index (κ2) is 3.52. The molecule has 2 rings (SSSR count). The van der Waals surface area contributed by atoms with Gasteiger partial charge < -0.3 is 4.52 Å². The van der Waals surface area contributed by atoms with Crippen LogP contribution in [0.1, 0.15) is 55.5 Å². The first-order valence-electron chi connectivity index (χ1n) is 5.03. The summed E-state index contributed by atoms with van der Waals surface area (Å²) in [6, 6.07) is 0. The highest BCUT2D eigenvalue weighted by Gasteiger charge is 2.29. The highest BCUT2D eigenvalue weighted by Crippen LogP contribution is 2.37. The lowest BCUT2D eigenvalue weighted by Crippen LogP contribution is -2.04. The zero-order valence-electron chi connectivity index (χ0n) is 8.49. The first kappa shape index (κ1) is 9.37. The smallest absolute Gasteiger partial charge is 0.293 e. The van der Waals surface area contributed by atoms with Gasteiger partial charge in [-0.2, -0.15) is 4.98 Å². The lowest BCUT2D eigenvalue weighted by Gasteiger charge is -2.08. The molecule has 1 aliphatic carbocycles. The van der Waals surface area contributed by atoms with Crippen LogP contribution < -0.4 is 0 Å². The molecule has 0 spiro atoms. The molecule has 4 nitrogen and oxygen atoms in total. The van der Waals surface area contributed by atoms with E-state index < -0.39 is 0 Å². The van der Waals surface area contributed by atoms with E-state index in [1.165, 1.54) is 19.8 Å². The molecule has 76 valence electrons. The fraction of sp³-hybridized carbons (Fsp3) is 0.700. The molecule has 0 aliphatic heterocycles. The van der Waals surface area contributed by atoms with Gasteiger partial charge in [-0.25, -0.2) is 0 Å². The molecule has 1 aromatic rings. The zero-order valence-corrected chi connectivity index (χ0v) is 8.49. The Morgan fingerprint density at radius 2 is 2.29 bits per heavy atom. The van der Waals surface area contributed by atoms with Crippen molar-refractivity contribution in [1.29, 1.82) is 0 Å². The maximum atomic E-state index is 11.0. The number of ketones is 1. The number of carbonyl (C=O) groups is 1.